The van der Waals surface area contributed by atoms with Crippen molar-refractivity contribution in [3.8, 4) is 10.4 Å². The number of halogens is 2. The van der Waals surface area contributed by atoms with Gasteiger partial charge in [-0.25, -0.2) is 13.6 Å². The Morgan fingerprint density at radius 2 is 2.19 bits per heavy atom. The van der Waals surface area contributed by atoms with Gasteiger partial charge in [0.2, 0.25) is 0 Å². The highest BCUT2D eigenvalue weighted by atomic mass is 32.1. The molecule has 0 spiro atoms. The molecule has 112 valence electrons. The second-order valence-corrected chi connectivity index (χ2v) is 5.50. The molecule has 4 nitrogen and oxygen atoms in total. The van der Waals surface area contributed by atoms with Crippen LogP contribution in [0, 0.1) is 0 Å². The van der Waals surface area contributed by atoms with Crippen LogP contribution in [0.2, 0.25) is 0 Å². The summed E-state index contributed by atoms with van der Waals surface area (Å²) in [5.41, 5.74) is 7.28. The minimum atomic E-state index is -3.07. The van der Waals surface area contributed by atoms with E-state index < -0.39 is 18.6 Å². The zero-order valence-electron chi connectivity index (χ0n) is 11.2. The Hall–Kier alpha value is -2.15. The molecule has 21 heavy (non-hydrogen) atoms. The molecule has 0 saturated heterocycles. The van der Waals surface area contributed by atoms with E-state index in [1.807, 2.05) is 23.6 Å². The lowest BCUT2D eigenvalue weighted by Gasteiger charge is -2.13. The fourth-order valence-corrected chi connectivity index (χ4v) is 2.32. The third-order valence-electron chi connectivity index (χ3n) is 2.55. The van der Waals surface area contributed by atoms with Crippen molar-refractivity contribution in [3.63, 3.8) is 0 Å². The van der Waals surface area contributed by atoms with Crippen molar-refractivity contribution in [2.24, 2.45) is 0 Å². The van der Waals surface area contributed by atoms with E-state index in [9.17, 15) is 13.6 Å². The van der Waals surface area contributed by atoms with Gasteiger partial charge in [0.05, 0.1) is 11.4 Å². The van der Waals surface area contributed by atoms with Crippen molar-refractivity contribution in [1.29, 1.82) is 0 Å². The lowest BCUT2D eigenvalue weighted by atomic mass is 10.1. The monoisotopic (exact) mass is 312 g/mol. The van der Waals surface area contributed by atoms with Crippen LogP contribution < -0.4 is 11.1 Å². The number of benzene rings is 1. The molecule has 1 aromatic carbocycles. The molecule has 1 heterocycles. The van der Waals surface area contributed by atoms with Gasteiger partial charge in [-0.15, -0.1) is 11.3 Å². The second kappa shape index (κ2) is 6.09. The van der Waals surface area contributed by atoms with Gasteiger partial charge in [-0.3, -0.25) is 5.32 Å². The number of nitrogens with two attached hydrogens (primary N) is 1. The molecule has 0 fully saturated rings. The van der Waals surface area contributed by atoms with Crippen molar-refractivity contribution in [2.75, 3.05) is 17.7 Å². The van der Waals surface area contributed by atoms with E-state index in [1.54, 1.807) is 12.1 Å². The molecule has 1 aromatic heterocycles. The minimum Gasteiger partial charge on any atom is -0.443 e. The van der Waals surface area contributed by atoms with Crippen molar-refractivity contribution < 1.29 is 18.3 Å². The molecule has 0 aliphatic rings. The van der Waals surface area contributed by atoms with E-state index in [0.29, 0.717) is 18.3 Å². The number of hydrogen-bond acceptors (Lipinski definition) is 4. The summed E-state index contributed by atoms with van der Waals surface area (Å²) in [6.07, 6.45) is -0.966. The zero-order chi connectivity index (χ0) is 15.5. The SMILES string of the molecule is CC(F)(F)COC(=O)Nc1cc(-c2cccs2)ccc1N. The number of hydrogen-bond donors (Lipinski definition) is 2. The normalized spacial score (nSPS) is 11.2. The van der Waals surface area contributed by atoms with Gasteiger partial charge in [0.15, 0.2) is 6.61 Å². The highest BCUT2D eigenvalue weighted by molar-refractivity contribution is 7.13. The van der Waals surface area contributed by atoms with Crippen molar-refractivity contribution in [3.05, 3.63) is 35.7 Å². The quantitative estimate of drug-likeness (QED) is 0.832. The molecule has 0 atom stereocenters. The first-order valence-electron chi connectivity index (χ1n) is 6.10. The Balaban J connectivity index is 2.09. The van der Waals surface area contributed by atoms with Gasteiger partial charge in [0, 0.05) is 11.8 Å². The molecule has 2 aromatic rings. The van der Waals surface area contributed by atoms with Crippen LogP contribution in [0.4, 0.5) is 25.0 Å². The van der Waals surface area contributed by atoms with E-state index in [-0.39, 0.29) is 0 Å². The smallest absolute Gasteiger partial charge is 0.411 e. The Morgan fingerprint density at radius 3 is 2.81 bits per heavy atom. The molecule has 0 radical (unpaired) electrons. The van der Waals surface area contributed by atoms with Crippen LogP contribution in [0.5, 0.6) is 0 Å². The van der Waals surface area contributed by atoms with Gasteiger partial charge in [-0.05, 0) is 29.1 Å². The van der Waals surface area contributed by atoms with Crippen molar-refractivity contribution >= 4 is 28.8 Å². The van der Waals surface area contributed by atoms with Crippen LogP contribution in [-0.2, 0) is 4.74 Å². The van der Waals surface area contributed by atoms with E-state index >= 15 is 0 Å². The highest BCUT2D eigenvalue weighted by Crippen LogP contribution is 2.30. The molecule has 0 aliphatic carbocycles. The molecule has 2 rings (SSSR count). The number of nitrogens with one attached hydrogen (secondary N) is 1. The topological polar surface area (TPSA) is 64.3 Å². The van der Waals surface area contributed by atoms with Crippen molar-refractivity contribution in [1.82, 2.24) is 0 Å². The standard InChI is InChI=1S/C14H14F2N2O2S/c1-14(15,16)8-20-13(19)18-11-7-9(4-5-10(11)17)12-3-2-6-21-12/h2-7H,8,17H2,1H3,(H,18,19). The van der Waals surface area contributed by atoms with Gasteiger partial charge >= 0.3 is 6.09 Å². The summed E-state index contributed by atoms with van der Waals surface area (Å²) < 4.78 is 29.7. The Morgan fingerprint density at radius 1 is 1.43 bits per heavy atom. The maximum atomic E-state index is 12.6. The fourth-order valence-electron chi connectivity index (χ4n) is 1.60. The minimum absolute atomic E-state index is 0.324. The Bertz CT molecular complexity index is 624. The van der Waals surface area contributed by atoms with E-state index in [2.05, 4.69) is 10.1 Å². The van der Waals surface area contributed by atoms with Crippen LogP contribution in [-0.4, -0.2) is 18.6 Å². The second-order valence-electron chi connectivity index (χ2n) is 4.55. The van der Waals surface area contributed by atoms with Gasteiger partial charge in [-0.2, -0.15) is 0 Å². The van der Waals surface area contributed by atoms with Crippen LogP contribution >= 0.6 is 11.3 Å². The van der Waals surface area contributed by atoms with Crippen LogP contribution in [0.1, 0.15) is 6.92 Å². The van der Waals surface area contributed by atoms with Gasteiger partial charge in [0.1, 0.15) is 0 Å². The number of carbonyl (C=O) groups excluding carboxylic acids is 1. The molecule has 0 saturated carbocycles. The van der Waals surface area contributed by atoms with Gasteiger partial charge in [-0.1, -0.05) is 12.1 Å². The first kappa shape index (κ1) is 15.2. The van der Waals surface area contributed by atoms with Crippen LogP contribution in [0.25, 0.3) is 10.4 Å². The first-order valence-corrected chi connectivity index (χ1v) is 6.98. The number of carbonyl (C=O) groups is 1. The molecule has 7 heteroatoms. The average molecular weight is 312 g/mol. The predicted octanol–water partition coefficient (Wildman–Crippen LogP) is 4.20. The number of amides is 1. The zero-order valence-corrected chi connectivity index (χ0v) is 12.0. The van der Waals surface area contributed by atoms with Crippen molar-refractivity contribution in [2.45, 2.75) is 12.8 Å². The summed E-state index contributed by atoms with van der Waals surface area (Å²) in [5.74, 6) is -3.07. The third kappa shape index (κ3) is 4.42. The van der Waals surface area contributed by atoms with E-state index in [1.165, 1.54) is 11.3 Å². The number of anilines is 2. The third-order valence-corrected chi connectivity index (χ3v) is 3.47. The van der Waals surface area contributed by atoms with E-state index in [4.69, 9.17) is 5.73 Å². The van der Waals surface area contributed by atoms with Crippen LogP contribution in [0.15, 0.2) is 35.7 Å². The molecule has 3 N–H and O–H groups in total. The molecule has 0 unspecified atom stereocenters. The Kier molecular flexibility index (Phi) is 4.42. The van der Waals surface area contributed by atoms with Crippen LogP contribution in [0.3, 0.4) is 0 Å². The number of ether oxygens (including phenoxy) is 1. The summed E-state index contributed by atoms with van der Waals surface area (Å²) in [4.78, 5) is 12.5. The number of alkyl halides is 2. The lowest BCUT2D eigenvalue weighted by Crippen LogP contribution is -2.24. The molecule has 0 bridgehead atoms. The Labute approximate surface area is 124 Å². The average Bonchev–Trinajstić information content (AvgIpc) is 2.92. The number of thiophene rings is 1. The maximum Gasteiger partial charge on any atom is 0.411 e. The largest absolute Gasteiger partial charge is 0.443 e. The summed E-state index contributed by atoms with van der Waals surface area (Å²) in [7, 11) is 0. The predicted molar refractivity (Wildman–Crippen MR) is 79.8 cm³/mol. The summed E-state index contributed by atoms with van der Waals surface area (Å²) in [6, 6.07) is 8.96. The summed E-state index contributed by atoms with van der Waals surface area (Å²) >= 11 is 1.54. The van der Waals surface area contributed by atoms with Gasteiger partial charge < -0.3 is 10.5 Å². The summed E-state index contributed by atoms with van der Waals surface area (Å²) in [6.45, 7) is -0.310. The molecule has 0 aliphatic heterocycles. The lowest BCUT2D eigenvalue weighted by molar-refractivity contribution is -0.0358. The molecular weight excluding hydrogens is 298 g/mol. The molecule has 1 amide bonds. The number of nitrogen functional groups attached to an aromatic ring is 1. The fraction of sp³-hybridized carbons (Fsp3) is 0.214. The first-order chi connectivity index (χ1) is 9.85. The molecular formula is C14H14F2N2O2S. The maximum absolute atomic E-state index is 12.6. The van der Waals surface area contributed by atoms with Gasteiger partial charge in [0.25, 0.3) is 5.92 Å². The highest BCUT2D eigenvalue weighted by Gasteiger charge is 2.23. The summed E-state index contributed by atoms with van der Waals surface area (Å²) in [5, 5.41) is 4.30. The van der Waals surface area contributed by atoms with E-state index in [0.717, 1.165) is 10.4 Å². The number of rotatable bonds is 4.